The van der Waals surface area contributed by atoms with Crippen molar-refractivity contribution in [3.8, 4) is 28.3 Å². The second-order valence-electron chi connectivity index (χ2n) is 6.28. The monoisotopic (exact) mass is 425 g/mol. The minimum Gasteiger partial charge on any atom is -0.364 e. The molecule has 0 aliphatic heterocycles. The first-order valence-corrected chi connectivity index (χ1v) is 9.41. The van der Waals surface area contributed by atoms with Gasteiger partial charge in [-0.3, -0.25) is 9.36 Å². The average molecular weight is 426 g/mol. The fraction of sp³-hybridized carbons (Fsp3) is 0. The largest absolute Gasteiger partial charge is 0.364 e. The number of halogens is 3. The van der Waals surface area contributed by atoms with Crippen molar-refractivity contribution in [2.45, 2.75) is 0 Å². The summed E-state index contributed by atoms with van der Waals surface area (Å²) in [6.45, 7) is 0. The van der Waals surface area contributed by atoms with Crippen LogP contribution < -0.4 is 5.73 Å². The summed E-state index contributed by atoms with van der Waals surface area (Å²) >= 11 is 12.2. The molecule has 0 saturated heterocycles. The van der Waals surface area contributed by atoms with Gasteiger partial charge in [0.15, 0.2) is 11.5 Å². The molecule has 1 aromatic heterocycles. The van der Waals surface area contributed by atoms with E-state index < -0.39 is 11.7 Å². The van der Waals surface area contributed by atoms with Crippen molar-refractivity contribution in [1.82, 2.24) is 9.55 Å². The van der Waals surface area contributed by atoms with Crippen LogP contribution in [0.15, 0.2) is 72.8 Å². The molecule has 0 aliphatic carbocycles. The molecule has 0 saturated carbocycles. The predicted molar refractivity (Wildman–Crippen MR) is 113 cm³/mol. The van der Waals surface area contributed by atoms with Crippen molar-refractivity contribution >= 4 is 29.1 Å². The molecule has 0 fully saturated rings. The summed E-state index contributed by atoms with van der Waals surface area (Å²) in [4.78, 5) is 16.7. The number of carbonyl (C=O) groups excluding carboxylic acids is 1. The van der Waals surface area contributed by atoms with Gasteiger partial charge in [0.05, 0.1) is 16.4 Å². The van der Waals surface area contributed by atoms with E-state index >= 15 is 4.39 Å². The number of nitrogens with two attached hydrogens (primary N) is 1. The van der Waals surface area contributed by atoms with Gasteiger partial charge < -0.3 is 5.73 Å². The van der Waals surface area contributed by atoms with Crippen LogP contribution in [0.1, 0.15) is 10.5 Å². The summed E-state index contributed by atoms with van der Waals surface area (Å²) in [6.07, 6.45) is 0. The standard InChI is InChI=1S/C22H14Cl2FN3O/c23-15-9-4-8-14(12-15)20-19(21(26)29)27-22(13-6-2-1-3-7-13)28(20)17-11-5-10-16(24)18(17)25/h1-12H,(H2,26,29). The van der Waals surface area contributed by atoms with E-state index in [0.717, 1.165) is 0 Å². The summed E-state index contributed by atoms with van der Waals surface area (Å²) < 4.78 is 16.6. The van der Waals surface area contributed by atoms with Gasteiger partial charge in [-0.15, -0.1) is 0 Å². The highest BCUT2D eigenvalue weighted by Crippen LogP contribution is 2.36. The third-order valence-corrected chi connectivity index (χ3v) is 4.94. The molecule has 1 heterocycles. The normalized spacial score (nSPS) is 10.9. The van der Waals surface area contributed by atoms with Gasteiger partial charge in [-0.1, -0.05) is 71.7 Å². The fourth-order valence-corrected chi connectivity index (χ4v) is 3.53. The van der Waals surface area contributed by atoms with E-state index in [1.54, 1.807) is 41.0 Å². The first kappa shape index (κ1) is 19.2. The predicted octanol–water partition coefficient (Wildman–Crippen LogP) is 5.75. The van der Waals surface area contributed by atoms with Gasteiger partial charge in [0.1, 0.15) is 5.82 Å². The van der Waals surface area contributed by atoms with Crippen LogP contribution in [0.3, 0.4) is 0 Å². The topological polar surface area (TPSA) is 60.9 Å². The van der Waals surface area contributed by atoms with Crippen LogP contribution in [-0.2, 0) is 0 Å². The number of rotatable bonds is 4. The van der Waals surface area contributed by atoms with Crippen LogP contribution in [0.25, 0.3) is 28.3 Å². The number of imidazole rings is 1. The lowest BCUT2D eigenvalue weighted by Crippen LogP contribution is -2.13. The summed E-state index contributed by atoms with van der Waals surface area (Å²) in [5, 5.41) is 0.409. The Hall–Kier alpha value is -3.15. The quantitative estimate of drug-likeness (QED) is 0.452. The molecule has 0 bridgehead atoms. The van der Waals surface area contributed by atoms with Crippen LogP contribution in [0.4, 0.5) is 4.39 Å². The van der Waals surface area contributed by atoms with Crippen LogP contribution >= 0.6 is 23.2 Å². The maximum atomic E-state index is 15.0. The third kappa shape index (κ3) is 3.50. The van der Waals surface area contributed by atoms with E-state index in [2.05, 4.69) is 4.98 Å². The molecule has 0 aliphatic rings. The highest BCUT2D eigenvalue weighted by atomic mass is 35.5. The molecule has 7 heteroatoms. The second-order valence-corrected chi connectivity index (χ2v) is 7.13. The third-order valence-electron chi connectivity index (χ3n) is 4.41. The van der Waals surface area contributed by atoms with E-state index in [1.807, 2.05) is 30.3 Å². The van der Waals surface area contributed by atoms with Gasteiger partial charge in [-0.2, -0.15) is 0 Å². The van der Waals surface area contributed by atoms with Crippen molar-refractivity contribution in [3.63, 3.8) is 0 Å². The number of nitrogens with zero attached hydrogens (tertiary/aromatic N) is 2. The number of hydrogen-bond acceptors (Lipinski definition) is 2. The number of aromatic nitrogens is 2. The molecule has 4 rings (SSSR count). The summed E-state index contributed by atoms with van der Waals surface area (Å²) in [5.74, 6) is -1.02. The molecule has 2 N–H and O–H groups in total. The van der Waals surface area contributed by atoms with Crippen LogP contribution in [0, 0.1) is 5.82 Å². The van der Waals surface area contributed by atoms with Gasteiger partial charge in [0.2, 0.25) is 0 Å². The Balaban J connectivity index is 2.15. The molecule has 0 radical (unpaired) electrons. The maximum absolute atomic E-state index is 15.0. The zero-order valence-corrected chi connectivity index (χ0v) is 16.5. The Kier molecular flexibility index (Phi) is 5.09. The van der Waals surface area contributed by atoms with Gasteiger partial charge in [0, 0.05) is 16.1 Å². The Morgan fingerprint density at radius 1 is 0.931 bits per heavy atom. The number of amides is 1. The van der Waals surface area contributed by atoms with E-state index in [-0.39, 0.29) is 16.4 Å². The van der Waals surface area contributed by atoms with E-state index in [4.69, 9.17) is 28.9 Å². The SMILES string of the molecule is NC(=O)c1nc(-c2ccccc2)n(-c2cccc(Cl)c2F)c1-c1cccc(Cl)c1. The van der Waals surface area contributed by atoms with Crippen LogP contribution in [-0.4, -0.2) is 15.5 Å². The number of carbonyl (C=O) groups is 1. The van der Waals surface area contributed by atoms with Gasteiger partial charge in [-0.05, 0) is 24.3 Å². The molecular weight excluding hydrogens is 412 g/mol. The minimum atomic E-state index is -0.738. The molecule has 1 amide bonds. The second kappa shape index (κ2) is 7.70. The summed E-state index contributed by atoms with van der Waals surface area (Å²) in [6, 6.07) is 20.6. The zero-order valence-electron chi connectivity index (χ0n) is 14.9. The van der Waals surface area contributed by atoms with Gasteiger partial charge >= 0.3 is 0 Å². The van der Waals surface area contributed by atoms with Crippen molar-refractivity contribution < 1.29 is 9.18 Å². The Bertz CT molecular complexity index is 1220. The number of primary amides is 1. The molecule has 4 nitrogen and oxygen atoms in total. The highest BCUT2D eigenvalue weighted by molar-refractivity contribution is 6.31. The average Bonchev–Trinajstić information content (AvgIpc) is 3.11. The zero-order chi connectivity index (χ0) is 20.5. The first-order valence-electron chi connectivity index (χ1n) is 8.65. The number of benzene rings is 3. The van der Waals surface area contributed by atoms with E-state index in [0.29, 0.717) is 27.7 Å². The molecule has 0 atom stereocenters. The van der Waals surface area contributed by atoms with Crippen LogP contribution in [0.5, 0.6) is 0 Å². The Labute approximate surface area is 176 Å². The molecule has 0 spiro atoms. The molecule has 0 unspecified atom stereocenters. The molecule has 3 aromatic carbocycles. The lowest BCUT2D eigenvalue weighted by Gasteiger charge is -2.14. The molecule has 4 aromatic rings. The molecule has 29 heavy (non-hydrogen) atoms. The number of hydrogen-bond donors (Lipinski definition) is 1. The lowest BCUT2D eigenvalue weighted by atomic mass is 10.1. The highest BCUT2D eigenvalue weighted by Gasteiger charge is 2.26. The lowest BCUT2D eigenvalue weighted by molar-refractivity contribution is 0.0996. The fourth-order valence-electron chi connectivity index (χ4n) is 3.17. The first-order chi connectivity index (χ1) is 14.0. The van der Waals surface area contributed by atoms with Crippen LogP contribution in [0.2, 0.25) is 10.0 Å². The van der Waals surface area contributed by atoms with Crippen molar-refractivity contribution in [3.05, 3.63) is 94.4 Å². The van der Waals surface area contributed by atoms with Crippen molar-refractivity contribution in [2.75, 3.05) is 0 Å². The Morgan fingerprint density at radius 3 is 2.31 bits per heavy atom. The maximum Gasteiger partial charge on any atom is 0.269 e. The van der Waals surface area contributed by atoms with Gasteiger partial charge in [-0.25, -0.2) is 9.37 Å². The smallest absolute Gasteiger partial charge is 0.269 e. The van der Waals surface area contributed by atoms with Gasteiger partial charge in [0.25, 0.3) is 5.91 Å². The van der Waals surface area contributed by atoms with Crippen molar-refractivity contribution in [1.29, 1.82) is 0 Å². The van der Waals surface area contributed by atoms with E-state index in [1.165, 1.54) is 6.07 Å². The van der Waals surface area contributed by atoms with Crippen molar-refractivity contribution in [2.24, 2.45) is 5.73 Å². The summed E-state index contributed by atoms with van der Waals surface area (Å²) in [5.41, 5.74) is 7.36. The molecular formula is C22H14Cl2FN3O. The summed E-state index contributed by atoms with van der Waals surface area (Å²) in [7, 11) is 0. The minimum absolute atomic E-state index is 0.00509. The Morgan fingerprint density at radius 2 is 1.62 bits per heavy atom. The molecule has 144 valence electrons. The van der Waals surface area contributed by atoms with E-state index in [9.17, 15) is 4.79 Å².